The first-order chi connectivity index (χ1) is 9.36. The lowest BCUT2D eigenvalue weighted by Crippen LogP contribution is -2.31. The van der Waals surface area contributed by atoms with E-state index in [1.165, 1.54) is 12.1 Å². The first-order valence-corrected chi connectivity index (χ1v) is 6.56. The zero-order valence-corrected chi connectivity index (χ0v) is 11.0. The third-order valence-electron chi connectivity index (χ3n) is 3.49. The van der Waals surface area contributed by atoms with Gasteiger partial charge in [-0.1, -0.05) is 12.1 Å². The zero-order chi connectivity index (χ0) is 14.8. The number of likely N-dealkylation sites (tertiary alicyclic amines) is 1. The molecule has 1 amide bonds. The van der Waals surface area contributed by atoms with Crippen molar-refractivity contribution >= 4 is 5.91 Å². The molecule has 0 radical (unpaired) electrons. The molecule has 6 heteroatoms. The predicted molar refractivity (Wildman–Crippen MR) is 68.9 cm³/mol. The third-order valence-corrected chi connectivity index (χ3v) is 3.49. The SMILES string of the molecule is N[C@H]1CCN(C(=O)CCc2ccc(C(F)(F)F)cc2)C1. The van der Waals surface area contributed by atoms with Crippen LogP contribution in [0.3, 0.4) is 0 Å². The van der Waals surface area contributed by atoms with Crippen LogP contribution in [0.25, 0.3) is 0 Å². The summed E-state index contributed by atoms with van der Waals surface area (Å²) in [6.07, 6.45) is -2.76. The number of nitrogens with two attached hydrogens (primary N) is 1. The summed E-state index contributed by atoms with van der Waals surface area (Å²) in [7, 11) is 0. The lowest BCUT2D eigenvalue weighted by Gasteiger charge is -2.15. The molecule has 1 atom stereocenters. The molecule has 0 aliphatic carbocycles. The lowest BCUT2D eigenvalue weighted by atomic mass is 10.1. The minimum atomic E-state index is -4.32. The molecule has 0 spiro atoms. The normalized spacial score (nSPS) is 19.4. The van der Waals surface area contributed by atoms with Crippen LogP contribution in [0.4, 0.5) is 13.2 Å². The van der Waals surface area contributed by atoms with E-state index in [1.54, 1.807) is 4.90 Å². The van der Waals surface area contributed by atoms with E-state index in [2.05, 4.69) is 0 Å². The van der Waals surface area contributed by atoms with Gasteiger partial charge < -0.3 is 10.6 Å². The third kappa shape index (κ3) is 3.72. The molecule has 1 heterocycles. The number of hydrogen-bond acceptors (Lipinski definition) is 2. The van der Waals surface area contributed by atoms with Gasteiger partial charge >= 0.3 is 6.18 Å². The second kappa shape index (κ2) is 5.83. The molecule has 3 nitrogen and oxygen atoms in total. The van der Waals surface area contributed by atoms with E-state index < -0.39 is 11.7 Å². The van der Waals surface area contributed by atoms with Crippen LogP contribution in [0.5, 0.6) is 0 Å². The Morgan fingerprint density at radius 3 is 2.45 bits per heavy atom. The molecule has 1 fully saturated rings. The van der Waals surface area contributed by atoms with E-state index in [9.17, 15) is 18.0 Å². The smallest absolute Gasteiger partial charge is 0.341 e. The molecule has 20 heavy (non-hydrogen) atoms. The quantitative estimate of drug-likeness (QED) is 0.926. The van der Waals surface area contributed by atoms with E-state index in [4.69, 9.17) is 5.73 Å². The van der Waals surface area contributed by atoms with Crippen LogP contribution in [-0.2, 0) is 17.4 Å². The minimum absolute atomic E-state index is 0.0119. The summed E-state index contributed by atoms with van der Waals surface area (Å²) in [5.41, 5.74) is 5.79. The standard InChI is InChI=1S/C14H17F3N2O/c15-14(16,17)11-4-1-10(2-5-11)3-6-13(20)19-8-7-12(18)9-19/h1-2,4-5,12H,3,6-9,18H2/t12-/m0/s1. The largest absolute Gasteiger partial charge is 0.416 e. The number of carbonyl (C=O) groups excluding carboxylic acids is 1. The maximum absolute atomic E-state index is 12.4. The summed E-state index contributed by atoms with van der Waals surface area (Å²) in [5.74, 6) is 0.0119. The summed E-state index contributed by atoms with van der Waals surface area (Å²) in [5, 5.41) is 0. The molecule has 0 saturated carbocycles. The molecular formula is C14H17F3N2O. The van der Waals surface area contributed by atoms with Crippen LogP contribution in [-0.4, -0.2) is 29.9 Å². The Hall–Kier alpha value is -1.56. The topological polar surface area (TPSA) is 46.3 Å². The summed E-state index contributed by atoms with van der Waals surface area (Å²) < 4.78 is 37.2. The molecule has 1 saturated heterocycles. The Bertz CT molecular complexity index is 470. The van der Waals surface area contributed by atoms with Gasteiger partial charge in [-0.05, 0) is 30.5 Å². The molecule has 1 aromatic carbocycles. The second-order valence-electron chi connectivity index (χ2n) is 5.08. The Balaban J connectivity index is 1.86. The lowest BCUT2D eigenvalue weighted by molar-refractivity contribution is -0.137. The molecule has 1 aromatic rings. The van der Waals surface area contributed by atoms with Gasteiger partial charge in [-0.2, -0.15) is 13.2 Å². The number of rotatable bonds is 3. The fourth-order valence-corrected chi connectivity index (χ4v) is 2.28. The maximum atomic E-state index is 12.4. The van der Waals surface area contributed by atoms with Crippen molar-refractivity contribution in [3.05, 3.63) is 35.4 Å². The van der Waals surface area contributed by atoms with Crippen molar-refractivity contribution in [3.8, 4) is 0 Å². The number of nitrogens with zero attached hydrogens (tertiary/aromatic N) is 1. The molecule has 110 valence electrons. The van der Waals surface area contributed by atoms with Crippen LogP contribution in [0.2, 0.25) is 0 Å². The van der Waals surface area contributed by atoms with Gasteiger partial charge in [0.1, 0.15) is 0 Å². The Kier molecular flexibility index (Phi) is 4.32. The van der Waals surface area contributed by atoms with Gasteiger partial charge in [-0.3, -0.25) is 4.79 Å². The van der Waals surface area contributed by atoms with Crippen LogP contribution >= 0.6 is 0 Å². The number of alkyl halides is 3. The van der Waals surface area contributed by atoms with Gasteiger partial charge in [0.05, 0.1) is 5.56 Å². The maximum Gasteiger partial charge on any atom is 0.416 e. The van der Waals surface area contributed by atoms with E-state index in [0.29, 0.717) is 25.9 Å². The molecule has 2 rings (SSSR count). The molecule has 2 N–H and O–H groups in total. The summed E-state index contributed by atoms with van der Waals surface area (Å²) in [6, 6.07) is 4.99. The van der Waals surface area contributed by atoms with Gasteiger partial charge in [0.2, 0.25) is 5.91 Å². The first kappa shape index (κ1) is 14.8. The number of benzene rings is 1. The van der Waals surface area contributed by atoms with Crippen LogP contribution in [0, 0.1) is 0 Å². The van der Waals surface area contributed by atoms with Crippen LogP contribution in [0.1, 0.15) is 24.0 Å². The van der Waals surface area contributed by atoms with Crippen molar-refractivity contribution < 1.29 is 18.0 Å². The van der Waals surface area contributed by atoms with Gasteiger partial charge in [-0.25, -0.2) is 0 Å². The highest BCUT2D eigenvalue weighted by Crippen LogP contribution is 2.29. The van der Waals surface area contributed by atoms with Gasteiger partial charge in [0.15, 0.2) is 0 Å². The molecule has 0 bridgehead atoms. The number of aryl methyl sites for hydroxylation is 1. The molecular weight excluding hydrogens is 269 g/mol. The highest BCUT2D eigenvalue weighted by Gasteiger charge is 2.30. The molecule has 0 aromatic heterocycles. The highest BCUT2D eigenvalue weighted by atomic mass is 19.4. The van der Waals surface area contributed by atoms with E-state index >= 15 is 0 Å². The Labute approximate surface area is 115 Å². The molecule has 0 unspecified atom stereocenters. The van der Waals surface area contributed by atoms with E-state index in [1.807, 2.05) is 0 Å². The first-order valence-electron chi connectivity index (χ1n) is 6.56. The van der Waals surface area contributed by atoms with Crippen molar-refractivity contribution in [2.75, 3.05) is 13.1 Å². The Morgan fingerprint density at radius 1 is 1.30 bits per heavy atom. The number of halogens is 3. The van der Waals surface area contributed by atoms with Crippen molar-refractivity contribution in [1.82, 2.24) is 4.90 Å². The number of amides is 1. The van der Waals surface area contributed by atoms with E-state index in [-0.39, 0.29) is 11.9 Å². The van der Waals surface area contributed by atoms with E-state index in [0.717, 1.165) is 24.1 Å². The molecule has 1 aliphatic heterocycles. The van der Waals surface area contributed by atoms with Gasteiger partial charge in [0.25, 0.3) is 0 Å². The summed E-state index contributed by atoms with van der Waals surface area (Å²) in [4.78, 5) is 13.6. The van der Waals surface area contributed by atoms with Crippen LogP contribution < -0.4 is 5.73 Å². The van der Waals surface area contributed by atoms with Gasteiger partial charge in [-0.15, -0.1) is 0 Å². The monoisotopic (exact) mass is 286 g/mol. The van der Waals surface area contributed by atoms with Crippen molar-refractivity contribution in [1.29, 1.82) is 0 Å². The zero-order valence-electron chi connectivity index (χ0n) is 11.0. The minimum Gasteiger partial charge on any atom is -0.341 e. The number of carbonyl (C=O) groups is 1. The van der Waals surface area contributed by atoms with Crippen LogP contribution in [0.15, 0.2) is 24.3 Å². The average Bonchev–Trinajstić information content (AvgIpc) is 2.82. The van der Waals surface area contributed by atoms with Gasteiger partial charge in [0, 0.05) is 25.6 Å². The Morgan fingerprint density at radius 2 is 1.95 bits per heavy atom. The van der Waals surface area contributed by atoms with Crippen molar-refractivity contribution in [2.24, 2.45) is 5.73 Å². The predicted octanol–water partition coefficient (Wildman–Crippen LogP) is 2.20. The second-order valence-corrected chi connectivity index (χ2v) is 5.08. The summed E-state index contributed by atoms with van der Waals surface area (Å²) >= 11 is 0. The number of hydrogen-bond donors (Lipinski definition) is 1. The highest BCUT2D eigenvalue weighted by molar-refractivity contribution is 5.76. The fraction of sp³-hybridized carbons (Fsp3) is 0.500. The van der Waals surface area contributed by atoms with Crippen molar-refractivity contribution in [3.63, 3.8) is 0 Å². The average molecular weight is 286 g/mol. The molecule has 1 aliphatic rings. The summed E-state index contributed by atoms with van der Waals surface area (Å²) in [6.45, 7) is 1.25. The fourth-order valence-electron chi connectivity index (χ4n) is 2.28. The van der Waals surface area contributed by atoms with Crippen molar-refractivity contribution in [2.45, 2.75) is 31.5 Å².